The Morgan fingerprint density at radius 1 is 1.21 bits per heavy atom. The average Bonchev–Trinajstić information content (AvgIpc) is 2.41. The Kier molecular flexibility index (Phi) is 7.58. The third-order valence-electron chi connectivity index (χ3n) is 3.64. The number of hydrogen-bond acceptors (Lipinski definition) is 2. The summed E-state index contributed by atoms with van der Waals surface area (Å²) >= 11 is 7.09. The molecule has 0 fully saturated rings. The fraction of sp³-hybridized carbons (Fsp3) is 0.600. The van der Waals surface area contributed by atoms with E-state index in [-0.39, 0.29) is 0 Å². The maximum absolute atomic E-state index is 6.02. The molecule has 2 atom stereocenters. The first kappa shape index (κ1) is 17.2. The SMILES string of the molecule is CCC(C)CN(CC)C(CN)c1ccc(Br)c(Br)c1. The van der Waals surface area contributed by atoms with Gasteiger partial charge in [0.15, 0.2) is 0 Å². The average molecular weight is 392 g/mol. The maximum atomic E-state index is 6.02. The molecule has 0 aliphatic heterocycles. The van der Waals surface area contributed by atoms with Gasteiger partial charge in [0.05, 0.1) is 0 Å². The van der Waals surface area contributed by atoms with Gasteiger partial charge in [-0.3, -0.25) is 4.90 Å². The lowest BCUT2D eigenvalue weighted by atomic mass is 10.0. The Bertz CT molecular complexity index is 396. The van der Waals surface area contributed by atoms with E-state index < -0.39 is 0 Å². The van der Waals surface area contributed by atoms with Crippen molar-refractivity contribution >= 4 is 31.9 Å². The first-order chi connectivity index (χ1) is 9.03. The molecule has 1 aromatic rings. The van der Waals surface area contributed by atoms with Gasteiger partial charge in [-0.05, 0) is 62.0 Å². The van der Waals surface area contributed by atoms with Crippen LogP contribution in [0.2, 0.25) is 0 Å². The van der Waals surface area contributed by atoms with Crippen LogP contribution in [0.4, 0.5) is 0 Å². The smallest absolute Gasteiger partial charge is 0.0470 e. The number of hydrogen-bond donors (Lipinski definition) is 1. The summed E-state index contributed by atoms with van der Waals surface area (Å²) in [6.45, 7) is 9.53. The molecule has 1 aromatic carbocycles. The van der Waals surface area contributed by atoms with Crippen LogP contribution in [0.5, 0.6) is 0 Å². The molecule has 2 unspecified atom stereocenters. The summed E-state index contributed by atoms with van der Waals surface area (Å²) in [6.07, 6.45) is 1.21. The van der Waals surface area contributed by atoms with Crippen molar-refractivity contribution in [2.24, 2.45) is 11.7 Å². The summed E-state index contributed by atoms with van der Waals surface area (Å²) in [5.74, 6) is 0.702. The molecule has 108 valence electrons. The first-order valence-electron chi connectivity index (χ1n) is 6.92. The van der Waals surface area contributed by atoms with Crippen LogP contribution in [-0.2, 0) is 0 Å². The van der Waals surface area contributed by atoms with Gasteiger partial charge in [-0.2, -0.15) is 0 Å². The molecule has 2 N–H and O–H groups in total. The lowest BCUT2D eigenvalue weighted by molar-refractivity contribution is 0.182. The maximum Gasteiger partial charge on any atom is 0.0470 e. The molecule has 0 heterocycles. The zero-order chi connectivity index (χ0) is 14.4. The van der Waals surface area contributed by atoms with E-state index in [1.807, 2.05) is 0 Å². The monoisotopic (exact) mass is 390 g/mol. The molecule has 0 aliphatic rings. The third-order valence-corrected chi connectivity index (χ3v) is 5.52. The molecule has 0 bridgehead atoms. The molecule has 1 rings (SSSR count). The van der Waals surface area contributed by atoms with Crippen LogP contribution in [0.1, 0.15) is 38.8 Å². The van der Waals surface area contributed by atoms with Crippen LogP contribution < -0.4 is 5.73 Å². The molecule has 0 saturated heterocycles. The molecule has 0 amide bonds. The largest absolute Gasteiger partial charge is 0.329 e. The molecule has 0 aliphatic carbocycles. The molecular weight excluding hydrogens is 368 g/mol. The minimum atomic E-state index is 0.295. The molecule has 0 aromatic heterocycles. The predicted molar refractivity (Wildman–Crippen MR) is 90.3 cm³/mol. The van der Waals surface area contributed by atoms with Crippen molar-refractivity contribution in [3.8, 4) is 0 Å². The van der Waals surface area contributed by atoms with Gasteiger partial charge in [-0.25, -0.2) is 0 Å². The van der Waals surface area contributed by atoms with E-state index in [9.17, 15) is 0 Å². The highest BCUT2D eigenvalue weighted by Gasteiger charge is 2.19. The normalized spacial score (nSPS) is 14.7. The Balaban J connectivity index is 2.93. The fourth-order valence-electron chi connectivity index (χ4n) is 2.22. The van der Waals surface area contributed by atoms with Crippen molar-refractivity contribution in [1.29, 1.82) is 0 Å². The second-order valence-corrected chi connectivity index (χ2v) is 6.73. The second-order valence-electron chi connectivity index (χ2n) is 5.03. The van der Waals surface area contributed by atoms with E-state index in [4.69, 9.17) is 5.73 Å². The van der Waals surface area contributed by atoms with Gasteiger partial charge in [0, 0.05) is 28.1 Å². The molecule has 0 saturated carbocycles. The van der Waals surface area contributed by atoms with Crippen molar-refractivity contribution in [3.05, 3.63) is 32.7 Å². The van der Waals surface area contributed by atoms with E-state index in [0.29, 0.717) is 18.5 Å². The summed E-state index contributed by atoms with van der Waals surface area (Å²) in [5, 5.41) is 0. The highest BCUT2D eigenvalue weighted by atomic mass is 79.9. The van der Waals surface area contributed by atoms with Gasteiger partial charge >= 0.3 is 0 Å². The Morgan fingerprint density at radius 2 is 1.89 bits per heavy atom. The summed E-state index contributed by atoms with van der Waals surface area (Å²) < 4.78 is 2.17. The number of nitrogens with zero attached hydrogens (tertiary/aromatic N) is 1. The molecule has 2 nitrogen and oxygen atoms in total. The fourth-order valence-corrected chi connectivity index (χ4v) is 2.86. The zero-order valence-electron chi connectivity index (χ0n) is 12.0. The number of rotatable bonds is 7. The number of nitrogens with two attached hydrogens (primary N) is 1. The zero-order valence-corrected chi connectivity index (χ0v) is 15.2. The van der Waals surface area contributed by atoms with Crippen LogP contribution in [-0.4, -0.2) is 24.5 Å². The minimum absolute atomic E-state index is 0.295. The number of benzene rings is 1. The van der Waals surface area contributed by atoms with E-state index in [1.54, 1.807) is 0 Å². The van der Waals surface area contributed by atoms with Crippen molar-refractivity contribution in [1.82, 2.24) is 4.90 Å². The Labute approximate surface area is 134 Å². The van der Waals surface area contributed by atoms with E-state index in [1.165, 1.54) is 12.0 Å². The van der Waals surface area contributed by atoms with Crippen LogP contribution in [0.15, 0.2) is 27.1 Å². The highest BCUT2D eigenvalue weighted by Crippen LogP contribution is 2.29. The molecule has 0 spiro atoms. The van der Waals surface area contributed by atoms with Crippen molar-refractivity contribution in [2.75, 3.05) is 19.6 Å². The van der Waals surface area contributed by atoms with Crippen LogP contribution >= 0.6 is 31.9 Å². The third kappa shape index (κ3) is 4.85. The Morgan fingerprint density at radius 3 is 2.37 bits per heavy atom. The topological polar surface area (TPSA) is 29.3 Å². The van der Waals surface area contributed by atoms with E-state index in [2.05, 4.69) is 75.7 Å². The lowest BCUT2D eigenvalue weighted by Crippen LogP contribution is -2.36. The van der Waals surface area contributed by atoms with Gasteiger partial charge in [0.1, 0.15) is 0 Å². The predicted octanol–water partition coefficient (Wildman–Crippen LogP) is 4.58. The van der Waals surface area contributed by atoms with Gasteiger partial charge in [-0.1, -0.05) is 33.3 Å². The second kappa shape index (κ2) is 8.40. The van der Waals surface area contributed by atoms with Crippen molar-refractivity contribution < 1.29 is 0 Å². The highest BCUT2D eigenvalue weighted by molar-refractivity contribution is 9.13. The molecular formula is C15H24Br2N2. The van der Waals surface area contributed by atoms with E-state index in [0.717, 1.165) is 22.0 Å². The number of halogens is 2. The van der Waals surface area contributed by atoms with Gasteiger partial charge < -0.3 is 5.73 Å². The standard InChI is InChI=1S/C15H24Br2N2/c1-4-11(3)10-19(5-2)15(9-18)12-6-7-13(16)14(17)8-12/h6-8,11,15H,4-5,9-10,18H2,1-3H3. The van der Waals surface area contributed by atoms with Crippen molar-refractivity contribution in [2.45, 2.75) is 33.2 Å². The number of likely N-dealkylation sites (N-methyl/N-ethyl adjacent to an activating group) is 1. The van der Waals surface area contributed by atoms with Crippen molar-refractivity contribution in [3.63, 3.8) is 0 Å². The Hall–Kier alpha value is 0.1000. The minimum Gasteiger partial charge on any atom is -0.329 e. The first-order valence-corrected chi connectivity index (χ1v) is 8.51. The van der Waals surface area contributed by atoms with Gasteiger partial charge in [0.25, 0.3) is 0 Å². The molecule has 0 radical (unpaired) electrons. The van der Waals surface area contributed by atoms with Crippen LogP contribution in [0.25, 0.3) is 0 Å². The van der Waals surface area contributed by atoms with Crippen LogP contribution in [0, 0.1) is 5.92 Å². The summed E-state index contributed by atoms with van der Waals surface area (Å²) in [6, 6.07) is 6.70. The van der Waals surface area contributed by atoms with Crippen LogP contribution in [0.3, 0.4) is 0 Å². The lowest BCUT2D eigenvalue weighted by Gasteiger charge is -2.32. The quantitative estimate of drug-likeness (QED) is 0.736. The van der Waals surface area contributed by atoms with E-state index >= 15 is 0 Å². The van der Waals surface area contributed by atoms with Gasteiger partial charge in [0.2, 0.25) is 0 Å². The summed E-state index contributed by atoms with van der Waals surface area (Å²) in [7, 11) is 0. The molecule has 19 heavy (non-hydrogen) atoms. The summed E-state index contributed by atoms with van der Waals surface area (Å²) in [5.41, 5.74) is 7.30. The van der Waals surface area contributed by atoms with Gasteiger partial charge in [-0.15, -0.1) is 0 Å². The summed E-state index contributed by atoms with van der Waals surface area (Å²) in [4.78, 5) is 2.48. The molecule has 4 heteroatoms.